The summed E-state index contributed by atoms with van der Waals surface area (Å²) in [6.45, 7) is 0.517. The Morgan fingerprint density at radius 2 is 1.95 bits per heavy atom. The van der Waals surface area contributed by atoms with E-state index in [1.165, 1.54) is 12.1 Å². The molecular formula is C14H15N3O3. The quantitative estimate of drug-likeness (QED) is 0.440. The van der Waals surface area contributed by atoms with Crippen LogP contribution >= 0.6 is 0 Å². The predicted molar refractivity (Wildman–Crippen MR) is 77.2 cm³/mol. The fraction of sp³-hybridized carbons (Fsp3) is 0.143. The Bertz CT molecular complexity index is 629. The maximum Gasteiger partial charge on any atom is 0.271 e. The van der Waals surface area contributed by atoms with Crippen LogP contribution in [0.1, 0.15) is 11.1 Å². The summed E-state index contributed by atoms with van der Waals surface area (Å²) in [7, 11) is 0. The second kappa shape index (κ2) is 6.03. The molecule has 0 saturated heterocycles. The second-order valence-electron chi connectivity index (χ2n) is 4.36. The summed E-state index contributed by atoms with van der Waals surface area (Å²) in [5.74, 6) is 0. The van der Waals surface area contributed by atoms with E-state index in [0.29, 0.717) is 17.9 Å². The number of aliphatic hydroxyl groups excluding tert-OH is 1. The van der Waals surface area contributed by atoms with Gasteiger partial charge >= 0.3 is 0 Å². The highest BCUT2D eigenvalue weighted by molar-refractivity contribution is 5.69. The van der Waals surface area contributed by atoms with Crippen LogP contribution in [0, 0.1) is 10.1 Å². The van der Waals surface area contributed by atoms with E-state index in [1.807, 2.05) is 24.3 Å². The zero-order chi connectivity index (χ0) is 14.5. The van der Waals surface area contributed by atoms with Gasteiger partial charge in [0.05, 0.1) is 22.9 Å². The largest absolute Gasteiger partial charge is 0.397 e. The van der Waals surface area contributed by atoms with Crippen LogP contribution in [0.15, 0.2) is 42.5 Å². The van der Waals surface area contributed by atoms with Crippen LogP contribution in [-0.2, 0) is 13.2 Å². The van der Waals surface area contributed by atoms with Crippen LogP contribution in [0.5, 0.6) is 0 Å². The van der Waals surface area contributed by atoms with E-state index in [-0.39, 0.29) is 12.3 Å². The van der Waals surface area contributed by atoms with Crippen LogP contribution in [0.3, 0.4) is 0 Å². The molecular weight excluding hydrogens is 258 g/mol. The number of hydrogen-bond donors (Lipinski definition) is 3. The number of nitrogens with zero attached hydrogens (tertiary/aromatic N) is 1. The summed E-state index contributed by atoms with van der Waals surface area (Å²) in [5.41, 5.74) is 8.54. The first-order valence-electron chi connectivity index (χ1n) is 6.06. The smallest absolute Gasteiger partial charge is 0.271 e. The van der Waals surface area contributed by atoms with E-state index >= 15 is 0 Å². The minimum Gasteiger partial charge on any atom is -0.397 e. The topological polar surface area (TPSA) is 101 Å². The average molecular weight is 273 g/mol. The lowest BCUT2D eigenvalue weighted by Crippen LogP contribution is -2.03. The molecule has 0 amide bonds. The minimum atomic E-state index is -0.481. The Labute approximate surface area is 116 Å². The van der Waals surface area contributed by atoms with Crippen molar-refractivity contribution < 1.29 is 10.0 Å². The lowest BCUT2D eigenvalue weighted by Gasteiger charge is -2.10. The van der Waals surface area contributed by atoms with Gasteiger partial charge in [-0.05, 0) is 17.2 Å². The van der Waals surface area contributed by atoms with Gasteiger partial charge in [-0.3, -0.25) is 10.1 Å². The first-order valence-corrected chi connectivity index (χ1v) is 6.06. The van der Waals surface area contributed by atoms with Gasteiger partial charge in [-0.15, -0.1) is 0 Å². The molecule has 20 heavy (non-hydrogen) atoms. The number of non-ortho nitro benzene ring substituents is 1. The third-order valence-corrected chi connectivity index (χ3v) is 2.90. The maximum absolute atomic E-state index is 10.6. The molecule has 6 nitrogen and oxygen atoms in total. The van der Waals surface area contributed by atoms with E-state index in [1.54, 1.807) is 6.07 Å². The van der Waals surface area contributed by atoms with E-state index in [4.69, 9.17) is 10.8 Å². The fourth-order valence-electron chi connectivity index (χ4n) is 1.86. The molecule has 0 aromatic heterocycles. The number of hydrogen-bond acceptors (Lipinski definition) is 5. The standard InChI is InChI=1S/C14H15N3O3/c15-13-7-12(17(19)20)4-5-14(13)16-8-10-2-1-3-11(6-10)9-18/h1-7,16,18H,8-9,15H2. The van der Waals surface area contributed by atoms with Crippen molar-refractivity contribution in [3.05, 3.63) is 63.7 Å². The van der Waals surface area contributed by atoms with Gasteiger partial charge in [-0.2, -0.15) is 0 Å². The molecule has 0 bridgehead atoms. The molecule has 6 heteroatoms. The lowest BCUT2D eigenvalue weighted by atomic mass is 10.1. The Kier molecular flexibility index (Phi) is 4.17. The molecule has 4 N–H and O–H groups in total. The van der Waals surface area contributed by atoms with E-state index in [0.717, 1.165) is 11.1 Å². The molecule has 0 spiro atoms. The van der Waals surface area contributed by atoms with Crippen LogP contribution in [0.4, 0.5) is 17.1 Å². The molecule has 0 unspecified atom stereocenters. The zero-order valence-corrected chi connectivity index (χ0v) is 10.7. The molecule has 104 valence electrons. The van der Waals surface area contributed by atoms with Gasteiger partial charge in [-0.1, -0.05) is 24.3 Å². The van der Waals surface area contributed by atoms with Crippen LogP contribution in [-0.4, -0.2) is 10.0 Å². The summed E-state index contributed by atoms with van der Waals surface area (Å²) in [6, 6.07) is 11.8. The van der Waals surface area contributed by atoms with Crippen molar-refractivity contribution in [1.82, 2.24) is 0 Å². The number of rotatable bonds is 5. The minimum absolute atomic E-state index is 0.00644. The van der Waals surface area contributed by atoms with E-state index in [2.05, 4.69) is 5.32 Å². The monoisotopic (exact) mass is 273 g/mol. The summed E-state index contributed by atoms with van der Waals surface area (Å²) in [4.78, 5) is 10.1. The molecule has 0 aliphatic carbocycles. The first-order chi connectivity index (χ1) is 9.60. The van der Waals surface area contributed by atoms with Crippen molar-refractivity contribution >= 4 is 17.1 Å². The Morgan fingerprint density at radius 1 is 1.20 bits per heavy atom. The van der Waals surface area contributed by atoms with Gasteiger partial charge in [-0.25, -0.2) is 0 Å². The van der Waals surface area contributed by atoms with Gasteiger partial charge in [0.1, 0.15) is 0 Å². The number of nitrogens with one attached hydrogen (secondary N) is 1. The molecule has 0 aliphatic rings. The van der Waals surface area contributed by atoms with Crippen molar-refractivity contribution in [2.45, 2.75) is 13.2 Å². The molecule has 0 atom stereocenters. The normalized spacial score (nSPS) is 10.2. The molecule has 0 aliphatic heterocycles. The van der Waals surface area contributed by atoms with Gasteiger partial charge < -0.3 is 16.2 Å². The van der Waals surface area contributed by atoms with Gasteiger partial charge in [0, 0.05) is 18.7 Å². The Balaban J connectivity index is 2.08. The van der Waals surface area contributed by atoms with Crippen LogP contribution < -0.4 is 11.1 Å². The van der Waals surface area contributed by atoms with Crippen molar-refractivity contribution in [3.63, 3.8) is 0 Å². The summed E-state index contributed by atoms with van der Waals surface area (Å²) in [5, 5.41) is 22.8. The fourth-order valence-corrected chi connectivity index (χ4v) is 1.86. The highest BCUT2D eigenvalue weighted by Gasteiger charge is 2.08. The molecule has 2 aromatic carbocycles. The summed E-state index contributed by atoms with van der Waals surface area (Å²) >= 11 is 0. The third-order valence-electron chi connectivity index (χ3n) is 2.90. The molecule has 2 aromatic rings. The molecule has 0 fully saturated rings. The molecule has 0 heterocycles. The van der Waals surface area contributed by atoms with Gasteiger partial charge in [0.15, 0.2) is 0 Å². The average Bonchev–Trinajstić information content (AvgIpc) is 2.46. The second-order valence-corrected chi connectivity index (χ2v) is 4.36. The summed E-state index contributed by atoms with van der Waals surface area (Å²) < 4.78 is 0. The summed E-state index contributed by atoms with van der Waals surface area (Å²) in [6.07, 6.45) is 0. The van der Waals surface area contributed by atoms with Crippen LogP contribution in [0.2, 0.25) is 0 Å². The number of aliphatic hydroxyl groups is 1. The predicted octanol–water partition coefficient (Wildman–Crippen LogP) is 2.28. The number of nitro groups is 1. The highest BCUT2D eigenvalue weighted by Crippen LogP contribution is 2.24. The molecule has 0 saturated carbocycles. The SMILES string of the molecule is Nc1cc([N+](=O)[O-])ccc1NCc1cccc(CO)c1. The van der Waals surface area contributed by atoms with Crippen molar-refractivity contribution in [2.24, 2.45) is 0 Å². The maximum atomic E-state index is 10.6. The number of nitro benzene ring substituents is 1. The Morgan fingerprint density at radius 3 is 2.60 bits per heavy atom. The number of benzene rings is 2. The number of anilines is 2. The van der Waals surface area contributed by atoms with Crippen molar-refractivity contribution in [3.8, 4) is 0 Å². The van der Waals surface area contributed by atoms with Crippen molar-refractivity contribution in [1.29, 1.82) is 0 Å². The van der Waals surface area contributed by atoms with Gasteiger partial charge in [0.2, 0.25) is 0 Å². The highest BCUT2D eigenvalue weighted by atomic mass is 16.6. The van der Waals surface area contributed by atoms with E-state index < -0.39 is 4.92 Å². The zero-order valence-electron chi connectivity index (χ0n) is 10.7. The Hall–Kier alpha value is -2.60. The van der Waals surface area contributed by atoms with E-state index in [9.17, 15) is 10.1 Å². The third kappa shape index (κ3) is 3.24. The molecule has 2 rings (SSSR count). The number of nitrogen functional groups attached to an aromatic ring is 1. The number of nitrogens with two attached hydrogens (primary N) is 1. The lowest BCUT2D eigenvalue weighted by molar-refractivity contribution is -0.384. The first kappa shape index (κ1) is 13.8. The molecule has 0 radical (unpaired) electrons. The van der Waals surface area contributed by atoms with Crippen LogP contribution in [0.25, 0.3) is 0 Å². The van der Waals surface area contributed by atoms with Crippen molar-refractivity contribution in [2.75, 3.05) is 11.1 Å². The van der Waals surface area contributed by atoms with Gasteiger partial charge in [0.25, 0.3) is 5.69 Å².